The van der Waals surface area contributed by atoms with Crippen molar-refractivity contribution in [2.45, 2.75) is 52.4 Å². The van der Waals surface area contributed by atoms with Gasteiger partial charge in [0.25, 0.3) is 0 Å². The monoisotopic (exact) mass is 194 g/mol. The van der Waals surface area contributed by atoms with Crippen molar-refractivity contribution in [3.8, 4) is 0 Å². The van der Waals surface area contributed by atoms with Crippen LogP contribution in [0.1, 0.15) is 56.7 Å². The third kappa shape index (κ3) is 2.37. The average Bonchev–Trinajstić information content (AvgIpc) is 2.51. The molecule has 1 aromatic heterocycles. The van der Waals surface area contributed by atoms with E-state index in [1.54, 1.807) is 0 Å². The lowest BCUT2D eigenvalue weighted by atomic mass is 9.92. The molecule has 1 atom stereocenters. The maximum Gasteiger partial charge on any atom is 0.0527 e. The fraction of sp³-hybridized carbons (Fsp3) is 0.750. The predicted molar refractivity (Wildman–Crippen MR) is 60.5 cm³/mol. The van der Waals surface area contributed by atoms with Crippen LogP contribution in [0.25, 0.3) is 0 Å². The molecule has 80 valence electrons. The van der Waals surface area contributed by atoms with Crippen LogP contribution in [0.5, 0.6) is 0 Å². The van der Waals surface area contributed by atoms with E-state index in [1.165, 1.54) is 36.9 Å². The zero-order valence-corrected chi connectivity index (χ0v) is 9.88. The van der Waals surface area contributed by atoms with Crippen LogP contribution in [0.2, 0.25) is 0 Å². The van der Waals surface area contributed by atoms with Gasteiger partial charge in [0.2, 0.25) is 0 Å². The topological polar surface area (TPSA) is 17.8 Å². The molecule has 0 aromatic carbocycles. The molecule has 0 saturated heterocycles. The first-order valence-electron chi connectivity index (χ1n) is 5.69. The van der Waals surface area contributed by atoms with Gasteiger partial charge < -0.3 is 0 Å². The van der Waals surface area contributed by atoms with Crippen LogP contribution in [0.4, 0.5) is 0 Å². The zero-order valence-electron chi connectivity index (χ0n) is 9.88. The number of aromatic nitrogens is 2. The molecule has 0 saturated carbocycles. The lowest BCUT2D eigenvalue weighted by Gasteiger charge is -2.13. The van der Waals surface area contributed by atoms with Crippen molar-refractivity contribution < 1.29 is 0 Å². The molecule has 0 spiro atoms. The summed E-state index contributed by atoms with van der Waals surface area (Å²) < 4.78 is 1.98. The Morgan fingerprint density at radius 1 is 1.43 bits per heavy atom. The first kappa shape index (κ1) is 11.3. The van der Waals surface area contributed by atoms with Gasteiger partial charge in [-0.3, -0.25) is 4.68 Å². The highest BCUT2D eigenvalue weighted by molar-refractivity contribution is 5.20. The highest BCUT2D eigenvalue weighted by Crippen LogP contribution is 2.27. The number of hydrogen-bond donors (Lipinski definition) is 0. The first-order valence-corrected chi connectivity index (χ1v) is 5.69. The van der Waals surface area contributed by atoms with Gasteiger partial charge in [0.05, 0.1) is 6.20 Å². The van der Waals surface area contributed by atoms with E-state index in [0.717, 1.165) is 0 Å². The second kappa shape index (κ2) is 5.18. The molecule has 0 bridgehead atoms. The van der Waals surface area contributed by atoms with Gasteiger partial charge in [-0.15, -0.1) is 0 Å². The minimum absolute atomic E-state index is 0.712. The normalized spacial score (nSPS) is 13.1. The smallest absolute Gasteiger partial charge is 0.0527 e. The Morgan fingerprint density at radius 2 is 2.14 bits per heavy atom. The summed E-state index contributed by atoms with van der Waals surface area (Å²) >= 11 is 0. The SMILES string of the molecule is CCCCC(CC)c1cnn(C)c1C. The van der Waals surface area contributed by atoms with E-state index < -0.39 is 0 Å². The van der Waals surface area contributed by atoms with Gasteiger partial charge in [0, 0.05) is 12.7 Å². The molecule has 0 aliphatic heterocycles. The summed E-state index contributed by atoms with van der Waals surface area (Å²) in [6, 6.07) is 0. The van der Waals surface area contributed by atoms with E-state index in [0.29, 0.717) is 5.92 Å². The fourth-order valence-corrected chi connectivity index (χ4v) is 1.95. The van der Waals surface area contributed by atoms with Crippen LogP contribution in [0.3, 0.4) is 0 Å². The molecular weight excluding hydrogens is 172 g/mol. The van der Waals surface area contributed by atoms with Crippen LogP contribution in [-0.2, 0) is 7.05 Å². The van der Waals surface area contributed by atoms with E-state index in [1.807, 2.05) is 17.9 Å². The standard InChI is InChI=1S/C12H22N2/c1-5-7-8-11(6-2)12-9-13-14(4)10(12)3/h9,11H,5-8H2,1-4H3. The van der Waals surface area contributed by atoms with Gasteiger partial charge in [-0.1, -0.05) is 26.7 Å². The molecule has 0 aliphatic rings. The van der Waals surface area contributed by atoms with E-state index in [2.05, 4.69) is 25.9 Å². The zero-order chi connectivity index (χ0) is 10.6. The molecule has 1 aromatic rings. The predicted octanol–water partition coefficient (Wildman–Crippen LogP) is 3.41. The van der Waals surface area contributed by atoms with Gasteiger partial charge in [-0.2, -0.15) is 5.10 Å². The Balaban J connectivity index is 2.73. The minimum Gasteiger partial charge on any atom is -0.273 e. The van der Waals surface area contributed by atoms with Crippen molar-refractivity contribution in [2.75, 3.05) is 0 Å². The molecule has 1 rings (SSSR count). The summed E-state index contributed by atoms with van der Waals surface area (Å²) in [5.74, 6) is 0.712. The van der Waals surface area contributed by atoms with Gasteiger partial charge in [-0.25, -0.2) is 0 Å². The lowest BCUT2D eigenvalue weighted by Crippen LogP contribution is -2.00. The van der Waals surface area contributed by atoms with Crippen molar-refractivity contribution in [3.63, 3.8) is 0 Å². The molecule has 1 unspecified atom stereocenters. The van der Waals surface area contributed by atoms with Gasteiger partial charge in [0.1, 0.15) is 0 Å². The van der Waals surface area contributed by atoms with E-state index in [9.17, 15) is 0 Å². The highest BCUT2D eigenvalue weighted by Gasteiger charge is 2.13. The van der Waals surface area contributed by atoms with Gasteiger partial charge in [0.15, 0.2) is 0 Å². The molecule has 0 aliphatic carbocycles. The molecule has 0 radical (unpaired) electrons. The van der Waals surface area contributed by atoms with E-state index >= 15 is 0 Å². The largest absolute Gasteiger partial charge is 0.273 e. The van der Waals surface area contributed by atoms with Crippen molar-refractivity contribution in [1.29, 1.82) is 0 Å². The molecular formula is C12H22N2. The second-order valence-electron chi connectivity index (χ2n) is 4.06. The quantitative estimate of drug-likeness (QED) is 0.702. The molecule has 0 amide bonds. The van der Waals surface area contributed by atoms with Crippen LogP contribution >= 0.6 is 0 Å². The number of aryl methyl sites for hydroxylation is 1. The summed E-state index contributed by atoms with van der Waals surface area (Å²) in [6.45, 7) is 6.69. The van der Waals surface area contributed by atoms with Crippen molar-refractivity contribution in [1.82, 2.24) is 9.78 Å². The molecule has 1 heterocycles. The van der Waals surface area contributed by atoms with Crippen LogP contribution < -0.4 is 0 Å². The Hall–Kier alpha value is -0.790. The number of unbranched alkanes of at least 4 members (excludes halogenated alkanes) is 1. The first-order chi connectivity index (χ1) is 6.70. The third-order valence-corrected chi connectivity index (χ3v) is 3.11. The van der Waals surface area contributed by atoms with Crippen molar-refractivity contribution in [3.05, 3.63) is 17.5 Å². The van der Waals surface area contributed by atoms with Gasteiger partial charge >= 0.3 is 0 Å². The third-order valence-electron chi connectivity index (χ3n) is 3.11. The average molecular weight is 194 g/mol. The summed E-state index contributed by atoms with van der Waals surface area (Å²) in [7, 11) is 2.02. The number of nitrogens with zero attached hydrogens (tertiary/aromatic N) is 2. The number of rotatable bonds is 5. The van der Waals surface area contributed by atoms with Crippen LogP contribution in [0.15, 0.2) is 6.20 Å². The highest BCUT2D eigenvalue weighted by atomic mass is 15.3. The summed E-state index contributed by atoms with van der Waals surface area (Å²) in [5, 5.41) is 4.31. The Morgan fingerprint density at radius 3 is 2.57 bits per heavy atom. The molecule has 0 N–H and O–H groups in total. The Kier molecular flexibility index (Phi) is 4.18. The minimum atomic E-state index is 0.712. The van der Waals surface area contributed by atoms with Crippen molar-refractivity contribution >= 4 is 0 Å². The van der Waals surface area contributed by atoms with Crippen molar-refractivity contribution in [2.24, 2.45) is 7.05 Å². The molecule has 2 heteroatoms. The summed E-state index contributed by atoms with van der Waals surface area (Å²) in [4.78, 5) is 0. The molecule has 2 nitrogen and oxygen atoms in total. The molecule has 14 heavy (non-hydrogen) atoms. The Labute approximate surface area is 87.3 Å². The Bertz CT molecular complexity index is 276. The van der Waals surface area contributed by atoms with Gasteiger partial charge in [-0.05, 0) is 31.2 Å². The second-order valence-corrected chi connectivity index (χ2v) is 4.06. The number of hydrogen-bond acceptors (Lipinski definition) is 1. The summed E-state index contributed by atoms with van der Waals surface area (Å²) in [6.07, 6.45) is 7.19. The fourth-order valence-electron chi connectivity index (χ4n) is 1.95. The maximum atomic E-state index is 4.31. The molecule has 0 fully saturated rings. The lowest BCUT2D eigenvalue weighted by molar-refractivity contribution is 0.566. The van der Waals surface area contributed by atoms with Crippen LogP contribution in [0, 0.1) is 6.92 Å². The van der Waals surface area contributed by atoms with Crippen LogP contribution in [-0.4, -0.2) is 9.78 Å². The maximum absolute atomic E-state index is 4.31. The summed E-state index contributed by atoms with van der Waals surface area (Å²) in [5.41, 5.74) is 2.77. The van der Waals surface area contributed by atoms with E-state index in [4.69, 9.17) is 0 Å². The van der Waals surface area contributed by atoms with E-state index in [-0.39, 0.29) is 0 Å².